The second-order valence-corrected chi connectivity index (χ2v) is 8.75. The van der Waals surface area contributed by atoms with Gasteiger partial charge in [0.15, 0.2) is 0 Å². The number of halogens is 1. The summed E-state index contributed by atoms with van der Waals surface area (Å²) in [5, 5.41) is 13.9. The standard InChI is InChI=1S/C27H20ClN3OS/c1-18-12-13-21(14-24(18)28)30-26(32)17-33-27-23(16-29)22(19-8-4-2-5-9-19)15-25(31-27)20-10-6-3-7-11-20/h2-15H,17H2,1H3,(H,30,32). The third-order valence-corrected chi connectivity index (χ3v) is 6.43. The molecule has 33 heavy (non-hydrogen) atoms. The highest BCUT2D eigenvalue weighted by atomic mass is 35.5. The van der Waals surface area contributed by atoms with Crippen molar-refractivity contribution < 1.29 is 4.79 Å². The van der Waals surface area contributed by atoms with Crippen LogP contribution in [0.1, 0.15) is 11.1 Å². The van der Waals surface area contributed by atoms with Crippen molar-refractivity contribution in [2.45, 2.75) is 11.9 Å². The first-order valence-corrected chi connectivity index (χ1v) is 11.7. The quantitative estimate of drug-likeness (QED) is 0.309. The Bertz CT molecular complexity index is 1340. The predicted octanol–water partition coefficient (Wildman–Crippen LogP) is 6.98. The van der Waals surface area contributed by atoms with E-state index in [1.807, 2.05) is 85.8 Å². The maximum absolute atomic E-state index is 12.6. The third kappa shape index (κ3) is 5.43. The maximum atomic E-state index is 12.6. The topological polar surface area (TPSA) is 65.8 Å². The molecule has 0 radical (unpaired) electrons. The number of hydrogen-bond donors (Lipinski definition) is 1. The molecule has 0 saturated heterocycles. The van der Waals surface area contributed by atoms with Crippen molar-refractivity contribution in [3.05, 3.63) is 101 Å². The Labute approximate surface area is 202 Å². The highest BCUT2D eigenvalue weighted by Crippen LogP contribution is 2.34. The van der Waals surface area contributed by atoms with E-state index in [4.69, 9.17) is 16.6 Å². The van der Waals surface area contributed by atoms with Gasteiger partial charge in [-0.25, -0.2) is 4.98 Å². The van der Waals surface area contributed by atoms with Crippen LogP contribution < -0.4 is 5.32 Å². The minimum absolute atomic E-state index is 0.111. The number of carbonyl (C=O) groups excluding carboxylic acids is 1. The van der Waals surface area contributed by atoms with Gasteiger partial charge in [-0.1, -0.05) is 90.1 Å². The largest absolute Gasteiger partial charge is 0.325 e. The van der Waals surface area contributed by atoms with E-state index < -0.39 is 0 Å². The molecule has 0 bridgehead atoms. The van der Waals surface area contributed by atoms with Gasteiger partial charge in [-0.05, 0) is 36.2 Å². The molecule has 4 nitrogen and oxygen atoms in total. The number of aryl methyl sites for hydroxylation is 1. The van der Waals surface area contributed by atoms with E-state index in [0.29, 0.717) is 21.3 Å². The summed E-state index contributed by atoms with van der Waals surface area (Å²) in [6, 6.07) is 29.2. The Morgan fingerprint density at radius 3 is 2.30 bits per heavy atom. The number of amides is 1. The van der Waals surface area contributed by atoms with Crippen molar-refractivity contribution in [1.82, 2.24) is 4.98 Å². The van der Waals surface area contributed by atoms with Crippen LogP contribution in [0.3, 0.4) is 0 Å². The van der Waals surface area contributed by atoms with Gasteiger partial charge in [-0.3, -0.25) is 4.79 Å². The Morgan fingerprint density at radius 2 is 1.67 bits per heavy atom. The van der Waals surface area contributed by atoms with Gasteiger partial charge in [0.05, 0.1) is 17.0 Å². The molecule has 1 heterocycles. The zero-order valence-electron chi connectivity index (χ0n) is 17.9. The summed E-state index contributed by atoms with van der Waals surface area (Å²) in [6.45, 7) is 1.91. The first-order chi connectivity index (χ1) is 16.0. The lowest BCUT2D eigenvalue weighted by molar-refractivity contribution is -0.113. The van der Waals surface area contributed by atoms with E-state index in [2.05, 4.69) is 11.4 Å². The maximum Gasteiger partial charge on any atom is 0.234 e. The van der Waals surface area contributed by atoms with Crippen LogP contribution in [0.25, 0.3) is 22.4 Å². The van der Waals surface area contributed by atoms with Crippen LogP contribution in [0.4, 0.5) is 5.69 Å². The second kappa shape index (κ2) is 10.4. The smallest absolute Gasteiger partial charge is 0.234 e. The molecule has 1 aromatic heterocycles. The Balaban J connectivity index is 1.65. The van der Waals surface area contributed by atoms with Crippen molar-refractivity contribution in [3.8, 4) is 28.5 Å². The number of pyridine rings is 1. The SMILES string of the molecule is Cc1ccc(NC(=O)CSc2nc(-c3ccccc3)cc(-c3ccccc3)c2C#N)cc1Cl. The molecule has 0 saturated carbocycles. The highest BCUT2D eigenvalue weighted by molar-refractivity contribution is 8.00. The zero-order chi connectivity index (χ0) is 23.2. The third-order valence-electron chi connectivity index (χ3n) is 5.05. The van der Waals surface area contributed by atoms with Gasteiger partial charge in [-0.2, -0.15) is 5.26 Å². The molecule has 3 aromatic carbocycles. The summed E-state index contributed by atoms with van der Waals surface area (Å²) in [5.41, 5.74) is 5.44. The van der Waals surface area contributed by atoms with E-state index in [9.17, 15) is 10.1 Å². The van der Waals surface area contributed by atoms with E-state index in [-0.39, 0.29) is 11.7 Å². The van der Waals surface area contributed by atoms with Gasteiger partial charge >= 0.3 is 0 Å². The lowest BCUT2D eigenvalue weighted by Crippen LogP contribution is -2.14. The summed E-state index contributed by atoms with van der Waals surface area (Å²) in [4.78, 5) is 17.3. The lowest BCUT2D eigenvalue weighted by atomic mass is 9.99. The number of nitrogens with one attached hydrogen (secondary N) is 1. The van der Waals surface area contributed by atoms with E-state index in [1.165, 1.54) is 11.8 Å². The van der Waals surface area contributed by atoms with Crippen LogP contribution in [-0.2, 0) is 4.79 Å². The van der Waals surface area contributed by atoms with Crippen molar-refractivity contribution in [3.63, 3.8) is 0 Å². The average Bonchev–Trinajstić information content (AvgIpc) is 2.85. The van der Waals surface area contributed by atoms with Crippen LogP contribution in [0.15, 0.2) is 90.0 Å². The first kappa shape index (κ1) is 22.6. The summed E-state index contributed by atoms with van der Waals surface area (Å²) in [5.74, 6) is -0.0865. The molecule has 0 aliphatic heterocycles. The first-order valence-electron chi connectivity index (χ1n) is 10.3. The van der Waals surface area contributed by atoms with Crippen LogP contribution in [-0.4, -0.2) is 16.6 Å². The van der Waals surface area contributed by atoms with Crippen LogP contribution in [0, 0.1) is 18.3 Å². The molecule has 0 unspecified atom stereocenters. The minimum atomic E-state index is -0.197. The van der Waals surface area contributed by atoms with E-state index >= 15 is 0 Å². The fourth-order valence-corrected chi connectivity index (χ4v) is 4.32. The fraction of sp³-hybridized carbons (Fsp3) is 0.0741. The van der Waals surface area contributed by atoms with E-state index in [1.54, 1.807) is 6.07 Å². The number of nitrogens with zero attached hydrogens (tertiary/aromatic N) is 2. The molecule has 4 aromatic rings. The molecule has 6 heteroatoms. The fourth-order valence-electron chi connectivity index (χ4n) is 3.34. The zero-order valence-corrected chi connectivity index (χ0v) is 19.5. The lowest BCUT2D eigenvalue weighted by Gasteiger charge is -2.13. The average molecular weight is 470 g/mol. The number of nitriles is 1. The highest BCUT2D eigenvalue weighted by Gasteiger charge is 2.17. The van der Waals surface area contributed by atoms with Crippen LogP contribution in [0.2, 0.25) is 5.02 Å². The van der Waals surface area contributed by atoms with Gasteiger partial charge in [0.2, 0.25) is 5.91 Å². The van der Waals surface area contributed by atoms with Crippen molar-refractivity contribution >= 4 is 35.0 Å². The molecule has 0 spiro atoms. The Kier molecular flexibility index (Phi) is 7.09. The summed E-state index contributed by atoms with van der Waals surface area (Å²) in [7, 11) is 0. The van der Waals surface area contributed by atoms with Crippen molar-refractivity contribution in [2.75, 3.05) is 11.1 Å². The van der Waals surface area contributed by atoms with Crippen molar-refractivity contribution in [1.29, 1.82) is 5.26 Å². The number of rotatable bonds is 6. The van der Waals surface area contributed by atoms with Crippen molar-refractivity contribution in [2.24, 2.45) is 0 Å². The predicted molar refractivity (Wildman–Crippen MR) is 135 cm³/mol. The molecule has 0 fully saturated rings. The molecule has 4 rings (SSSR count). The summed E-state index contributed by atoms with van der Waals surface area (Å²) in [6.07, 6.45) is 0. The Morgan fingerprint density at radius 1 is 1.00 bits per heavy atom. The molecule has 0 aliphatic rings. The molecule has 1 amide bonds. The molecule has 0 aliphatic carbocycles. The number of aromatic nitrogens is 1. The molecule has 162 valence electrons. The molecular weight excluding hydrogens is 450 g/mol. The summed E-state index contributed by atoms with van der Waals surface area (Å²) < 4.78 is 0. The number of carbonyl (C=O) groups is 1. The summed E-state index contributed by atoms with van der Waals surface area (Å²) >= 11 is 7.40. The van der Waals surface area contributed by atoms with Gasteiger partial charge in [-0.15, -0.1) is 0 Å². The van der Waals surface area contributed by atoms with E-state index in [0.717, 1.165) is 27.9 Å². The van der Waals surface area contributed by atoms with Gasteiger partial charge in [0.25, 0.3) is 0 Å². The molecule has 0 atom stereocenters. The van der Waals surface area contributed by atoms with Crippen LogP contribution >= 0.6 is 23.4 Å². The molecular formula is C27H20ClN3OS. The normalized spacial score (nSPS) is 10.5. The van der Waals surface area contributed by atoms with Gasteiger partial charge < -0.3 is 5.32 Å². The Hall–Kier alpha value is -3.59. The number of hydrogen-bond acceptors (Lipinski definition) is 4. The van der Waals surface area contributed by atoms with Gasteiger partial charge in [0.1, 0.15) is 11.1 Å². The monoisotopic (exact) mass is 469 g/mol. The number of thioether (sulfide) groups is 1. The number of benzene rings is 3. The minimum Gasteiger partial charge on any atom is -0.325 e. The van der Waals surface area contributed by atoms with Crippen LogP contribution in [0.5, 0.6) is 0 Å². The number of anilines is 1. The van der Waals surface area contributed by atoms with Gasteiger partial charge in [0, 0.05) is 21.8 Å². The second-order valence-electron chi connectivity index (χ2n) is 7.38. The molecule has 1 N–H and O–H groups in total.